The van der Waals surface area contributed by atoms with Crippen molar-refractivity contribution < 1.29 is 4.79 Å². The summed E-state index contributed by atoms with van der Waals surface area (Å²) in [6, 6.07) is 16.3. The predicted molar refractivity (Wildman–Crippen MR) is 110 cm³/mol. The summed E-state index contributed by atoms with van der Waals surface area (Å²) in [6.45, 7) is 3.59. The Labute approximate surface area is 161 Å². The summed E-state index contributed by atoms with van der Waals surface area (Å²) in [5.41, 5.74) is 5.30. The molecule has 0 radical (unpaired) electrons. The van der Waals surface area contributed by atoms with Gasteiger partial charge in [0.05, 0.1) is 0 Å². The van der Waals surface area contributed by atoms with Gasteiger partial charge in [-0.05, 0) is 36.6 Å². The summed E-state index contributed by atoms with van der Waals surface area (Å²) in [4.78, 5) is 26.6. The molecule has 6 heteroatoms. The molecule has 0 fully saturated rings. The Bertz CT molecular complexity index is 1040. The third kappa shape index (κ3) is 3.66. The van der Waals surface area contributed by atoms with Crippen LogP contribution in [0.4, 0.5) is 11.4 Å². The van der Waals surface area contributed by atoms with Gasteiger partial charge in [0.1, 0.15) is 6.54 Å². The number of hydrogen-bond acceptors (Lipinski definition) is 4. The van der Waals surface area contributed by atoms with Crippen LogP contribution >= 0.6 is 11.3 Å². The normalized spacial score (nSPS) is 12.9. The number of nitrogens with zero attached hydrogens (tertiary/aromatic N) is 2. The van der Waals surface area contributed by atoms with Gasteiger partial charge in [-0.25, -0.2) is 0 Å². The highest BCUT2D eigenvalue weighted by molar-refractivity contribution is 7.07. The second-order valence-corrected chi connectivity index (χ2v) is 7.56. The van der Waals surface area contributed by atoms with Gasteiger partial charge in [0.2, 0.25) is 5.91 Å². The Balaban J connectivity index is 1.50. The Morgan fingerprint density at radius 1 is 1.15 bits per heavy atom. The summed E-state index contributed by atoms with van der Waals surface area (Å²) in [7, 11) is 0. The highest BCUT2D eigenvalue weighted by Gasteiger charge is 2.19. The Morgan fingerprint density at radius 2 is 1.93 bits per heavy atom. The molecule has 1 aromatic heterocycles. The van der Waals surface area contributed by atoms with Crippen molar-refractivity contribution in [2.24, 2.45) is 0 Å². The summed E-state index contributed by atoms with van der Waals surface area (Å²) < 4.78 is 1.50. The first-order valence-corrected chi connectivity index (χ1v) is 9.85. The van der Waals surface area contributed by atoms with Crippen LogP contribution in [0, 0.1) is 6.92 Å². The van der Waals surface area contributed by atoms with Crippen LogP contribution < -0.4 is 15.1 Å². The summed E-state index contributed by atoms with van der Waals surface area (Å²) in [6.07, 6.45) is 1.05. The van der Waals surface area contributed by atoms with Crippen LogP contribution in [0.25, 0.3) is 0 Å². The number of aromatic nitrogens is 1. The second kappa shape index (κ2) is 7.40. The Kier molecular flexibility index (Phi) is 4.81. The first kappa shape index (κ1) is 17.5. The van der Waals surface area contributed by atoms with Crippen molar-refractivity contribution in [1.29, 1.82) is 0 Å². The van der Waals surface area contributed by atoms with E-state index in [2.05, 4.69) is 34.5 Å². The molecule has 0 aliphatic carbocycles. The summed E-state index contributed by atoms with van der Waals surface area (Å²) in [5, 5.41) is 4.75. The standard InChI is InChI=1S/C21H21N3O2S/c1-15-14-27-21(26)24(15)13-20(25)22-18-8-4-2-7-17(18)12-23-11-10-16-6-3-5-9-19(16)23/h2-9,14H,10-13H2,1H3,(H,22,25). The molecule has 0 saturated carbocycles. The average Bonchev–Trinajstić information content (AvgIpc) is 3.22. The van der Waals surface area contributed by atoms with Crippen molar-refractivity contribution in [3.8, 4) is 0 Å². The Hall–Kier alpha value is -2.86. The number of anilines is 2. The lowest BCUT2D eigenvalue weighted by molar-refractivity contribution is -0.116. The SMILES string of the molecule is Cc1csc(=O)n1CC(=O)Nc1ccccc1CN1CCc2ccccc21. The van der Waals surface area contributed by atoms with Gasteiger partial charge in [0.25, 0.3) is 0 Å². The zero-order valence-corrected chi connectivity index (χ0v) is 16.0. The zero-order valence-electron chi connectivity index (χ0n) is 15.1. The van der Waals surface area contributed by atoms with Gasteiger partial charge in [0.15, 0.2) is 0 Å². The molecule has 138 valence electrons. The highest BCUT2D eigenvalue weighted by Crippen LogP contribution is 2.30. The molecule has 5 nitrogen and oxygen atoms in total. The van der Waals surface area contributed by atoms with Gasteiger partial charge in [-0.3, -0.25) is 14.2 Å². The van der Waals surface area contributed by atoms with Gasteiger partial charge in [-0.2, -0.15) is 0 Å². The fourth-order valence-corrected chi connectivity index (χ4v) is 4.22. The third-order valence-corrected chi connectivity index (χ3v) is 5.80. The van der Waals surface area contributed by atoms with Gasteiger partial charge < -0.3 is 10.2 Å². The van der Waals surface area contributed by atoms with Crippen LogP contribution in [0.15, 0.2) is 58.7 Å². The minimum Gasteiger partial charge on any atom is -0.367 e. The summed E-state index contributed by atoms with van der Waals surface area (Å²) >= 11 is 1.12. The number of carbonyl (C=O) groups excluding carboxylic acids is 1. The van der Waals surface area contributed by atoms with Gasteiger partial charge in [-0.1, -0.05) is 47.7 Å². The number of aryl methyl sites for hydroxylation is 1. The number of fused-ring (bicyclic) bond motifs is 1. The minimum absolute atomic E-state index is 0.0368. The lowest BCUT2D eigenvalue weighted by Crippen LogP contribution is -2.26. The Morgan fingerprint density at radius 3 is 2.74 bits per heavy atom. The van der Waals surface area contributed by atoms with Crippen LogP contribution in [-0.4, -0.2) is 17.0 Å². The molecule has 1 N–H and O–H groups in total. The predicted octanol–water partition coefficient (Wildman–Crippen LogP) is 3.42. The topological polar surface area (TPSA) is 54.3 Å². The molecule has 1 aliphatic rings. The molecule has 1 amide bonds. The molecule has 3 aromatic rings. The van der Waals surface area contributed by atoms with Crippen molar-refractivity contribution in [1.82, 2.24) is 4.57 Å². The van der Waals surface area contributed by atoms with Crippen molar-refractivity contribution >= 4 is 28.6 Å². The second-order valence-electron chi connectivity index (χ2n) is 6.73. The third-order valence-electron chi connectivity index (χ3n) is 4.91. The largest absolute Gasteiger partial charge is 0.367 e. The molecule has 0 unspecified atom stereocenters. The molecule has 0 atom stereocenters. The number of amides is 1. The lowest BCUT2D eigenvalue weighted by Gasteiger charge is -2.21. The number of para-hydroxylation sites is 2. The number of thiazole rings is 1. The average molecular weight is 379 g/mol. The van der Waals surface area contributed by atoms with E-state index in [1.807, 2.05) is 31.2 Å². The monoisotopic (exact) mass is 379 g/mol. The maximum Gasteiger partial charge on any atom is 0.307 e. The summed E-state index contributed by atoms with van der Waals surface area (Å²) in [5.74, 6) is -0.187. The number of rotatable bonds is 5. The van der Waals surface area contributed by atoms with Gasteiger partial charge >= 0.3 is 4.87 Å². The molecule has 0 saturated heterocycles. The smallest absolute Gasteiger partial charge is 0.307 e. The molecule has 0 bridgehead atoms. The van der Waals surface area contributed by atoms with Crippen molar-refractivity contribution in [3.63, 3.8) is 0 Å². The van der Waals surface area contributed by atoms with E-state index >= 15 is 0 Å². The zero-order chi connectivity index (χ0) is 18.8. The maximum atomic E-state index is 12.5. The van der Waals surface area contributed by atoms with Crippen molar-refractivity contribution in [3.05, 3.63) is 80.4 Å². The fourth-order valence-electron chi connectivity index (χ4n) is 3.49. The van der Waals surface area contributed by atoms with E-state index in [-0.39, 0.29) is 17.3 Å². The first-order valence-electron chi connectivity index (χ1n) is 8.97. The fraction of sp³-hybridized carbons (Fsp3) is 0.238. The number of benzene rings is 2. The van der Waals surface area contributed by atoms with Crippen LogP contribution in [0.3, 0.4) is 0 Å². The van der Waals surface area contributed by atoms with Gasteiger partial charge in [0, 0.05) is 35.5 Å². The molecule has 1 aliphatic heterocycles. The van der Waals surface area contributed by atoms with E-state index in [1.165, 1.54) is 15.8 Å². The van der Waals surface area contributed by atoms with E-state index < -0.39 is 0 Å². The molecule has 27 heavy (non-hydrogen) atoms. The van der Waals surface area contributed by atoms with Crippen molar-refractivity contribution in [2.45, 2.75) is 26.4 Å². The maximum absolute atomic E-state index is 12.5. The van der Waals surface area contributed by atoms with Crippen LogP contribution in [0.2, 0.25) is 0 Å². The van der Waals surface area contributed by atoms with Crippen LogP contribution in [0.5, 0.6) is 0 Å². The number of hydrogen-bond donors (Lipinski definition) is 1. The van der Waals surface area contributed by atoms with E-state index in [1.54, 1.807) is 5.38 Å². The lowest BCUT2D eigenvalue weighted by atomic mass is 10.1. The minimum atomic E-state index is -0.187. The first-order chi connectivity index (χ1) is 13.1. The van der Waals surface area contributed by atoms with Crippen LogP contribution in [-0.2, 0) is 24.3 Å². The quantitative estimate of drug-likeness (QED) is 0.739. The molecular weight excluding hydrogens is 358 g/mol. The van der Waals surface area contributed by atoms with E-state index in [9.17, 15) is 9.59 Å². The van der Waals surface area contributed by atoms with E-state index in [0.717, 1.165) is 47.8 Å². The van der Waals surface area contributed by atoms with E-state index in [4.69, 9.17) is 0 Å². The van der Waals surface area contributed by atoms with Crippen LogP contribution in [0.1, 0.15) is 16.8 Å². The number of carbonyl (C=O) groups is 1. The molecule has 2 heterocycles. The molecule has 2 aromatic carbocycles. The molecular formula is C21H21N3O2S. The number of nitrogens with one attached hydrogen (secondary N) is 1. The van der Waals surface area contributed by atoms with Crippen molar-refractivity contribution in [2.75, 3.05) is 16.8 Å². The molecule has 4 rings (SSSR count). The van der Waals surface area contributed by atoms with E-state index in [0.29, 0.717) is 0 Å². The van der Waals surface area contributed by atoms with Gasteiger partial charge in [-0.15, -0.1) is 0 Å². The highest BCUT2D eigenvalue weighted by atomic mass is 32.1. The molecule has 0 spiro atoms.